The second-order valence-corrected chi connectivity index (χ2v) is 11.6. The molecule has 4 aromatic rings. The van der Waals surface area contributed by atoms with E-state index in [4.69, 9.17) is 15.2 Å². The zero-order valence-electron chi connectivity index (χ0n) is 27.3. The molecule has 5 rings (SSSR count). The van der Waals surface area contributed by atoms with Crippen molar-refractivity contribution in [3.63, 3.8) is 0 Å². The number of carbonyl (C=O) groups is 5. The van der Waals surface area contributed by atoms with Gasteiger partial charge in [0.15, 0.2) is 5.75 Å². The largest absolute Gasteiger partial charge is 0.469 e. The summed E-state index contributed by atoms with van der Waals surface area (Å²) in [5.74, 6) is -3.11. The van der Waals surface area contributed by atoms with Crippen LogP contribution in [0.1, 0.15) is 34.7 Å². The molecule has 0 saturated heterocycles. The molecule has 5 N–H and O–H groups in total. The van der Waals surface area contributed by atoms with Crippen molar-refractivity contribution in [3.05, 3.63) is 90.0 Å². The van der Waals surface area contributed by atoms with E-state index in [9.17, 15) is 24.0 Å². The Kier molecular flexibility index (Phi) is 10.7. The molecule has 0 fully saturated rings. The number of hydrogen-bond donors (Lipinski definition) is 4. The molecule has 4 amide bonds. The van der Waals surface area contributed by atoms with Crippen LogP contribution in [-0.4, -0.2) is 70.1 Å². The van der Waals surface area contributed by atoms with Gasteiger partial charge in [-0.15, -0.1) is 0 Å². The highest BCUT2D eigenvalue weighted by Crippen LogP contribution is 2.37. The highest BCUT2D eigenvalue weighted by atomic mass is 16.5. The van der Waals surface area contributed by atoms with Gasteiger partial charge in [-0.3, -0.25) is 24.0 Å². The molecular formula is C36H37N5O8. The summed E-state index contributed by atoms with van der Waals surface area (Å²) in [6, 6.07) is 22.1. The van der Waals surface area contributed by atoms with Crippen LogP contribution < -0.4 is 31.3 Å². The van der Waals surface area contributed by atoms with E-state index in [-0.39, 0.29) is 42.1 Å². The zero-order valence-corrected chi connectivity index (χ0v) is 27.3. The minimum atomic E-state index is -1.01. The number of anilines is 3. The molecule has 0 bridgehead atoms. The Hall–Kier alpha value is -5.95. The molecule has 1 heterocycles. The van der Waals surface area contributed by atoms with Crippen LogP contribution >= 0.6 is 0 Å². The lowest BCUT2D eigenvalue weighted by Gasteiger charge is -2.18. The number of methoxy groups -OCH3 is 1. The number of benzene rings is 4. The number of nitrogens with one attached hydrogen (secondary N) is 3. The summed E-state index contributed by atoms with van der Waals surface area (Å²) < 4.78 is 16.5. The maximum Gasteiger partial charge on any atom is 0.305 e. The Morgan fingerprint density at radius 3 is 2.49 bits per heavy atom. The minimum Gasteiger partial charge on any atom is -0.469 e. The predicted molar refractivity (Wildman–Crippen MR) is 184 cm³/mol. The van der Waals surface area contributed by atoms with Crippen molar-refractivity contribution in [1.82, 2.24) is 5.32 Å². The molecule has 49 heavy (non-hydrogen) atoms. The van der Waals surface area contributed by atoms with Crippen LogP contribution in [0.5, 0.6) is 11.5 Å². The van der Waals surface area contributed by atoms with Crippen LogP contribution in [0, 0.1) is 0 Å². The van der Waals surface area contributed by atoms with E-state index >= 15 is 0 Å². The fraction of sp³-hybridized carbons (Fsp3) is 0.250. The number of fused-ring (bicyclic) bond motifs is 2. The topological polar surface area (TPSA) is 178 Å². The monoisotopic (exact) mass is 667 g/mol. The first-order valence-corrected chi connectivity index (χ1v) is 15.5. The lowest BCUT2D eigenvalue weighted by molar-refractivity contribution is -0.140. The Labute approximate surface area is 282 Å². The van der Waals surface area contributed by atoms with Gasteiger partial charge in [0.25, 0.3) is 5.91 Å². The molecule has 0 unspecified atom stereocenters. The number of hydrogen-bond acceptors (Lipinski definition) is 9. The number of rotatable bonds is 13. The van der Waals surface area contributed by atoms with Gasteiger partial charge in [-0.05, 0) is 47.0 Å². The summed E-state index contributed by atoms with van der Waals surface area (Å²) in [6.45, 7) is -0.589. The highest BCUT2D eigenvalue weighted by Gasteiger charge is 2.30. The summed E-state index contributed by atoms with van der Waals surface area (Å²) in [5, 5.41) is 9.88. The summed E-state index contributed by atoms with van der Waals surface area (Å²) in [4.78, 5) is 65.6. The SMILES string of the molecule is COC(=O)CC[C@H]1NC(=O)c2cc(Oc3cccc(N(C)C)c3)c(NC(=O)COC[C@H](C(N)=O)c3cccc4ccccc34)cc2NC1=O. The summed E-state index contributed by atoms with van der Waals surface area (Å²) in [6.07, 6.45) is -0.0644. The van der Waals surface area contributed by atoms with Gasteiger partial charge >= 0.3 is 5.97 Å². The number of nitrogens with two attached hydrogens (primary N) is 1. The summed E-state index contributed by atoms with van der Waals surface area (Å²) in [7, 11) is 4.99. The van der Waals surface area contributed by atoms with Crippen LogP contribution in [0.3, 0.4) is 0 Å². The molecule has 0 aromatic heterocycles. The summed E-state index contributed by atoms with van der Waals surface area (Å²) >= 11 is 0. The van der Waals surface area contributed by atoms with Crippen molar-refractivity contribution in [2.45, 2.75) is 24.8 Å². The lowest BCUT2D eigenvalue weighted by atomic mass is 9.93. The van der Waals surface area contributed by atoms with Crippen LogP contribution in [0.2, 0.25) is 0 Å². The second-order valence-electron chi connectivity index (χ2n) is 11.6. The van der Waals surface area contributed by atoms with E-state index in [0.29, 0.717) is 11.3 Å². The van der Waals surface area contributed by atoms with Crippen molar-refractivity contribution in [2.75, 3.05) is 50.0 Å². The first kappa shape index (κ1) is 34.4. The molecular weight excluding hydrogens is 630 g/mol. The molecule has 13 heteroatoms. The van der Waals surface area contributed by atoms with Gasteiger partial charge in [-0.1, -0.05) is 48.5 Å². The molecule has 0 saturated carbocycles. The fourth-order valence-corrected chi connectivity index (χ4v) is 5.43. The van der Waals surface area contributed by atoms with E-state index in [2.05, 4.69) is 20.7 Å². The zero-order chi connectivity index (χ0) is 35.1. The van der Waals surface area contributed by atoms with Gasteiger partial charge in [0, 0.05) is 32.3 Å². The number of ether oxygens (including phenoxy) is 3. The van der Waals surface area contributed by atoms with E-state index < -0.39 is 48.2 Å². The normalized spacial score (nSPS) is 14.5. The molecule has 1 aliphatic rings. The number of esters is 1. The van der Waals surface area contributed by atoms with Crippen LogP contribution in [0.25, 0.3) is 10.8 Å². The van der Waals surface area contributed by atoms with Gasteiger partial charge in [-0.25, -0.2) is 0 Å². The van der Waals surface area contributed by atoms with Gasteiger partial charge in [-0.2, -0.15) is 0 Å². The van der Waals surface area contributed by atoms with Crippen molar-refractivity contribution >= 4 is 57.4 Å². The smallest absolute Gasteiger partial charge is 0.305 e. The van der Waals surface area contributed by atoms with Crippen molar-refractivity contribution in [1.29, 1.82) is 0 Å². The molecule has 254 valence electrons. The quantitative estimate of drug-likeness (QED) is 0.154. The third-order valence-corrected chi connectivity index (χ3v) is 8.00. The van der Waals surface area contributed by atoms with Crippen molar-refractivity contribution in [3.8, 4) is 11.5 Å². The maximum absolute atomic E-state index is 13.3. The van der Waals surface area contributed by atoms with Gasteiger partial charge < -0.3 is 40.8 Å². The van der Waals surface area contributed by atoms with Gasteiger partial charge in [0.05, 0.1) is 36.6 Å². The van der Waals surface area contributed by atoms with Crippen LogP contribution in [0.15, 0.2) is 78.9 Å². The minimum absolute atomic E-state index is 0.0188. The fourth-order valence-electron chi connectivity index (χ4n) is 5.43. The average Bonchev–Trinajstić information content (AvgIpc) is 3.19. The van der Waals surface area contributed by atoms with Crippen molar-refractivity contribution in [2.24, 2.45) is 5.73 Å². The Bertz CT molecular complexity index is 1900. The molecule has 13 nitrogen and oxygen atoms in total. The first-order valence-electron chi connectivity index (χ1n) is 15.5. The standard InChI is InChI=1S/C36H37N5O8/c1-41(2)22-10-7-11-23(16-22)49-31-17-26-29(40-36(46)28(39-35(26)45)14-15-33(43)47-3)18-30(31)38-32(42)20-48-19-27(34(37)44)25-13-6-9-21-8-4-5-12-24(21)25/h4-13,16-18,27-28H,14-15,19-20H2,1-3H3,(H2,37,44)(H,38,42)(H,39,45)(H,40,46)/t27-,28+/m0/s1. The van der Waals surface area contributed by atoms with E-state index in [1.165, 1.54) is 19.2 Å². The van der Waals surface area contributed by atoms with Crippen LogP contribution in [-0.2, 0) is 28.7 Å². The second kappa shape index (κ2) is 15.3. The van der Waals surface area contributed by atoms with Crippen molar-refractivity contribution < 1.29 is 38.2 Å². The Balaban J connectivity index is 1.38. The third kappa shape index (κ3) is 8.32. The molecule has 2 atom stereocenters. The maximum atomic E-state index is 13.3. The molecule has 0 radical (unpaired) electrons. The molecule has 0 aliphatic carbocycles. The lowest BCUT2D eigenvalue weighted by Crippen LogP contribution is -2.41. The average molecular weight is 668 g/mol. The van der Waals surface area contributed by atoms with Gasteiger partial charge in [0.1, 0.15) is 18.4 Å². The first-order chi connectivity index (χ1) is 23.5. The summed E-state index contributed by atoms with van der Waals surface area (Å²) in [5.41, 5.74) is 7.63. The molecule has 0 spiro atoms. The number of amides is 4. The Morgan fingerprint density at radius 1 is 0.980 bits per heavy atom. The van der Waals surface area contributed by atoms with Crippen LogP contribution in [0.4, 0.5) is 17.1 Å². The number of carbonyl (C=O) groups excluding carboxylic acids is 5. The van der Waals surface area contributed by atoms with E-state index in [0.717, 1.165) is 16.5 Å². The number of nitrogens with zero attached hydrogens (tertiary/aromatic N) is 1. The Morgan fingerprint density at radius 2 is 1.73 bits per heavy atom. The van der Waals surface area contributed by atoms with E-state index in [1.54, 1.807) is 24.3 Å². The number of primary amides is 1. The van der Waals surface area contributed by atoms with Gasteiger partial charge in [0.2, 0.25) is 17.7 Å². The molecule has 4 aromatic carbocycles. The third-order valence-electron chi connectivity index (χ3n) is 8.00. The highest BCUT2D eigenvalue weighted by molar-refractivity contribution is 6.11. The molecule has 1 aliphatic heterocycles. The predicted octanol–water partition coefficient (Wildman–Crippen LogP) is 3.93. The van der Waals surface area contributed by atoms with E-state index in [1.807, 2.05) is 61.5 Å².